The Hall–Kier alpha value is -0.220. The van der Waals surface area contributed by atoms with Crippen molar-refractivity contribution in [3.8, 4) is 0 Å². The van der Waals surface area contributed by atoms with Gasteiger partial charge in [0.15, 0.2) is 0 Å². The zero-order valence-corrected chi connectivity index (χ0v) is 12.3. The summed E-state index contributed by atoms with van der Waals surface area (Å²) >= 11 is 0. The van der Waals surface area contributed by atoms with Gasteiger partial charge in [-0.15, -0.1) is 0 Å². The molecular formula is C15H28F2N2. The fraction of sp³-hybridized carbons (Fsp3) is 1.00. The van der Waals surface area contributed by atoms with Crippen molar-refractivity contribution in [2.45, 2.75) is 58.0 Å². The summed E-state index contributed by atoms with van der Waals surface area (Å²) in [6.45, 7) is 3.22. The van der Waals surface area contributed by atoms with Crippen molar-refractivity contribution in [3.05, 3.63) is 0 Å². The maximum Gasteiger partial charge on any atom is 0.294 e. The monoisotopic (exact) mass is 274 g/mol. The number of halogens is 2. The first-order chi connectivity index (χ1) is 9.06. The standard InChI is InChI=1S/C15H28F2N2/c1-12-3-5-13(6-4-12)11-19-9-7-14(8-10-19)18(2)15(16)17/h12-15H,3-11H2,1-2H3. The minimum atomic E-state index is -2.31. The van der Waals surface area contributed by atoms with Gasteiger partial charge in [0.05, 0.1) is 0 Å². The number of nitrogens with zero attached hydrogens (tertiary/aromatic N) is 2. The third kappa shape index (κ3) is 4.38. The first-order valence-electron chi connectivity index (χ1n) is 7.78. The van der Waals surface area contributed by atoms with Crippen LogP contribution in [0.3, 0.4) is 0 Å². The van der Waals surface area contributed by atoms with Crippen LogP contribution in [-0.4, -0.2) is 49.1 Å². The fourth-order valence-electron chi connectivity index (χ4n) is 3.55. The lowest BCUT2D eigenvalue weighted by Gasteiger charge is -2.38. The lowest BCUT2D eigenvalue weighted by molar-refractivity contribution is -0.0507. The summed E-state index contributed by atoms with van der Waals surface area (Å²) in [5.74, 6) is 1.75. The molecular weight excluding hydrogens is 246 g/mol. The van der Waals surface area contributed by atoms with Crippen molar-refractivity contribution in [1.82, 2.24) is 9.80 Å². The van der Waals surface area contributed by atoms with Crippen LogP contribution in [-0.2, 0) is 0 Å². The van der Waals surface area contributed by atoms with Gasteiger partial charge >= 0.3 is 0 Å². The van der Waals surface area contributed by atoms with Crippen molar-refractivity contribution >= 4 is 0 Å². The molecule has 112 valence electrons. The highest BCUT2D eigenvalue weighted by atomic mass is 19.3. The second-order valence-corrected chi connectivity index (χ2v) is 6.60. The third-order valence-electron chi connectivity index (χ3n) is 5.09. The van der Waals surface area contributed by atoms with E-state index in [2.05, 4.69) is 11.8 Å². The van der Waals surface area contributed by atoms with Gasteiger partial charge in [-0.3, -0.25) is 0 Å². The molecule has 1 aliphatic carbocycles. The Morgan fingerprint density at radius 1 is 1.05 bits per heavy atom. The summed E-state index contributed by atoms with van der Waals surface area (Å²) in [6, 6.07) is 0.0719. The van der Waals surface area contributed by atoms with Gasteiger partial charge in [0.1, 0.15) is 0 Å². The van der Waals surface area contributed by atoms with Gasteiger partial charge in [0.2, 0.25) is 0 Å². The van der Waals surface area contributed by atoms with Gasteiger partial charge < -0.3 is 4.90 Å². The first kappa shape index (κ1) is 15.2. The van der Waals surface area contributed by atoms with Crippen molar-refractivity contribution in [3.63, 3.8) is 0 Å². The fourth-order valence-corrected chi connectivity index (χ4v) is 3.55. The highest BCUT2D eigenvalue weighted by Gasteiger charge is 2.28. The van der Waals surface area contributed by atoms with Crippen LogP contribution >= 0.6 is 0 Å². The lowest BCUT2D eigenvalue weighted by Crippen LogP contribution is -2.46. The van der Waals surface area contributed by atoms with E-state index in [1.165, 1.54) is 37.1 Å². The van der Waals surface area contributed by atoms with Gasteiger partial charge in [-0.2, -0.15) is 8.78 Å². The number of likely N-dealkylation sites (tertiary alicyclic amines) is 1. The average Bonchev–Trinajstić information content (AvgIpc) is 2.41. The maximum atomic E-state index is 12.6. The van der Waals surface area contributed by atoms with Crippen molar-refractivity contribution in [2.75, 3.05) is 26.7 Å². The second kappa shape index (κ2) is 6.98. The zero-order chi connectivity index (χ0) is 13.8. The Morgan fingerprint density at radius 3 is 2.16 bits per heavy atom. The number of hydrogen-bond acceptors (Lipinski definition) is 2. The van der Waals surface area contributed by atoms with Gasteiger partial charge in [0.25, 0.3) is 6.55 Å². The van der Waals surface area contributed by atoms with E-state index >= 15 is 0 Å². The maximum absolute atomic E-state index is 12.6. The van der Waals surface area contributed by atoms with E-state index in [4.69, 9.17) is 0 Å². The highest BCUT2D eigenvalue weighted by molar-refractivity contribution is 4.80. The molecule has 0 bridgehead atoms. The molecule has 0 spiro atoms. The summed E-state index contributed by atoms with van der Waals surface area (Å²) in [4.78, 5) is 3.73. The molecule has 0 N–H and O–H groups in total. The molecule has 1 saturated carbocycles. The van der Waals surface area contributed by atoms with Crippen LogP contribution in [0.4, 0.5) is 8.78 Å². The van der Waals surface area contributed by atoms with Crippen LogP contribution in [0.15, 0.2) is 0 Å². The van der Waals surface area contributed by atoms with E-state index in [9.17, 15) is 8.78 Å². The SMILES string of the molecule is CC1CCC(CN2CCC(N(C)C(F)F)CC2)CC1. The van der Waals surface area contributed by atoms with Crippen molar-refractivity contribution in [1.29, 1.82) is 0 Å². The zero-order valence-electron chi connectivity index (χ0n) is 12.3. The van der Waals surface area contributed by atoms with E-state index in [-0.39, 0.29) is 6.04 Å². The molecule has 2 nitrogen and oxygen atoms in total. The summed E-state index contributed by atoms with van der Waals surface area (Å²) in [6.07, 6.45) is 7.24. The molecule has 2 rings (SSSR count). The lowest BCUT2D eigenvalue weighted by atomic mass is 9.82. The van der Waals surface area contributed by atoms with E-state index < -0.39 is 6.55 Å². The molecule has 0 aromatic rings. The predicted octanol–water partition coefficient (Wildman–Crippen LogP) is 3.43. The molecule has 0 aromatic carbocycles. The summed E-state index contributed by atoms with van der Waals surface area (Å²) in [5.41, 5.74) is 0. The molecule has 1 heterocycles. The second-order valence-electron chi connectivity index (χ2n) is 6.60. The van der Waals surface area contributed by atoms with Crippen LogP contribution in [0.1, 0.15) is 45.4 Å². The smallest absolute Gasteiger partial charge is 0.294 e. The molecule has 4 heteroatoms. The molecule has 1 aliphatic heterocycles. The van der Waals surface area contributed by atoms with E-state index in [0.717, 1.165) is 37.8 Å². The average molecular weight is 274 g/mol. The first-order valence-corrected chi connectivity index (χ1v) is 7.78. The summed E-state index contributed by atoms with van der Waals surface area (Å²) in [7, 11) is 1.55. The molecule has 0 radical (unpaired) electrons. The van der Waals surface area contributed by atoms with E-state index in [1.807, 2.05) is 0 Å². The molecule has 1 saturated heterocycles. The van der Waals surface area contributed by atoms with E-state index in [1.54, 1.807) is 7.05 Å². The number of piperidine rings is 1. The van der Waals surface area contributed by atoms with E-state index in [0.29, 0.717) is 0 Å². The Balaban J connectivity index is 1.69. The quantitative estimate of drug-likeness (QED) is 0.725. The van der Waals surface area contributed by atoms with Gasteiger partial charge in [-0.25, -0.2) is 4.90 Å². The van der Waals surface area contributed by atoms with Crippen LogP contribution in [0.5, 0.6) is 0 Å². The summed E-state index contributed by atoms with van der Waals surface area (Å²) in [5, 5.41) is 0. The Bertz CT molecular complexity index is 257. The van der Waals surface area contributed by atoms with Crippen molar-refractivity contribution < 1.29 is 8.78 Å². The molecule has 2 fully saturated rings. The van der Waals surface area contributed by atoms with Crippen LogP contribution < -0.4 is 0 Å². The minimum Gasteiger partial charge on any atom is -0.303 e. The topological polar surface area (TPSA) is 6.48 Å². The summed E-state index contributed by atoms with van der Waals surface area (Å²) < 4.78 is 25.3. The molecule has 2 aliphatic rings. The molecule has 19 heavy (non-hydrogen) atoms. The number of hydrogen-bond donors (Lipinski definition) is 0. The molecule has 0 aromatic heterocycles. The van der Waals surface area contributed by atoms with Crippen molar-refractivity contribution in [2.24, 2.45) is 11.8 Å². The normalized spacial score (nSPS) is 31.3. The van der Waals surface area contributed by atoms with Gasteiger partial charge in [-0.1, -0.05) is 19.8 Å². The highest BCUT2D eigenvalue weighted by Crippen LogP contribution is 2.29. The largest absolute Gasteiger partial charge is 0.303 e. The van der Waals surface area contributed by atoms with Gasteiger partial charge in [-0.05, 0) is 57.7 Å². The van der Waals surface area contributed by atoms with Gasteiger partial charge in [0, 0.05) is 12.6 Å². The third-order valence-corrected chi connectivity index (χ3v) is 5.09. The Kier molecular flexibility index (Phi) is 5.58. The number of alkyl halides is 2. The van der Waals surface area contributed by atoms with Crippen LogP contribution in [0.2, 0.25) is 0 Å². The number of rotatable bonds is 4. The molecule has 0 atom stereocenters. The van der Waals surface area contributed by atoms with Crippen LogP contribution in [0.25, 0.3) is 0 Å². The minimum absolute atomic E-state index is 0.0719. The Morgan fingerprint density at radius 2 is 1.63 bits per heavy atom. The predicted molar refractivity (Wildman–Crippen MR) is 74.4 cm³/mol. The Labute approximate surface area is 116 Å². The molecule has 0 amide bonds. The molecule has 0 unspecified atom stereocenters. The van der Waals surface area contributed by atoms with Crippen LogP contribution in [0, 0.1) is 11.8 Å².